The summed E-state index contributed by atoms with van der Waals surface area (Å²) >= 11 is 0. The van der Waals surface area contributed by atoms with Crippen molar-refractivity contribution in [2.24, 2.45) is 35.5 Å². The maximum absolute atomic E-state index is 15.3. The molecule has 1 aliphatic heterocycles. The first kappa shape index (κ1) is 82.8. The van der Waals surface area contributed by atoms with E-state index in [0.717, 1.165) is 14.7 Å². The Morgan fingerprint density at radius 3 is 1.42 bits per heavy atom. The highest BCUT2D eigenvalue weighted by molar-refractivity contribution is 6.00. The predicted octanol–water partition coefficient (Wildman–Crippen LogP) is 2.37. The molecule has 1 saturated heterocycles. The Morgan fingerprint density at radius 2 is 0.956 bits per heavy atom. The van der Waals surface area contributed by atoms with Crippen molar-refractivity contribution in [3.63, 3.8) is 0 Å². The quantitative estimate of drug-likeness (QED) is 0.0799. The van der Waals surface area contributed by atoms with Gasteiger partial charge in [0.15, 0.2) is 0 Å². The number of nitrogens with zero attached hydrogens (tertiary/aromatic N) is 7. The van der Waals surface area contributed by atoms with Crippen LogP contribution < -0.4 is 21.3 Å². The van der Waals surface area contributed by atoms with Crippen molar-refractivity contribution in [3.05, 3.63) is 12.2 Å². The Labute approximate surface area is 543 Å². The first-order valence-corrected chi connectivity index (χ1v) is 32.2. The van der Waals surface area contributed by atoms with Crippen LogP contribution in [0.15, 0.2) is 12.2 Å². The molecule has 1 fully saturated rings. The summed E-state index contributed by atoms with van der Waals surface area (Å²) in [5, 5.41) is 34.3. The summed E-state index contributed by atoms with van der Waals surface area (Å²) in [5.74, 6) is -11.0. The number of aliphatic hydroxyl groups excluding tert-OH is 1. The van der Waals surface area contributed by atoms with Crippen LogP contribution in [0.2, 0.25) is 0 Å². The van der Waals surface area contributed by atoms with Crippen LogP contribution >= 0.6 is 0 Å². The molecule has 0 saturated carbocycles. The average molecular weight is 1290 g/mol. The summed E-state index contributed by atoms with van der Waals surface area (Å²) in [6, 6.07) is -13.4. The molecule has 26 heteroatoms. The van der Waals surface area contributed by atoms with Crippen LogP contribution in [-0.4, -0.2) is 257 Å². The summed E-state index contributed by atoms with van der Waals surface area (Å²) in [7, 11) is 10.9. The number of aliphatic hydroxyl groups is 2. The highest BCUT2D eigenvalue weighted by Gasteiger charge is 2.47. The zero-order valence-electron chi connectivity index (χ0n) is 59.5. The zero-order valence-corrected chi connectivity index (χ0v) is 59.5. The van der Waals surface area contributed by atoms with Crippen LogP contribution in [-0.2, 0) is 62.2 Å². The number of carbonyl (C=O) groups excluding carboxylic acids is 11. The van der Waals surface area contributed by atoms with E-state index < -0.39 is 168 Å². The molecule has 26 nitrogen and oxygen atoms in total. The molecule has 0 radical (unpaired) electrons. The minimum atomic E-state index is -1.81. The number of allylic oxidation sites excluding steroid dienone is 2. The third kappa shape index (κ3) is 23.7. The molecule has 6 N–H and O–H groups in total. The van der Waals surface area contributed by atoms with Gasteiger partial charge in [0.1, 0.15) is 60.4 Å². The fourth-order valence-corrected chi connectivity index (χ4v) is 11.1. The molecule has 522 valence electrons. The van der Waals surface area contributed by atoms with Crippen molar-refractivity contribution in [1.29, 1.82) is 0 Å². The van der Waals surface area contributed by atoms with Gasteiger partial charge in [-0.1, -0.05) is 95.2 Å². The molecule has 1 aliphatic rings. The van der Waals surface area contributed by atoms with Crippen molar-refractivity contribution in [1.82, 2.24) is 55.6 Å². The molecule has 1 heterocycles. The standard InChI is InChI=1S/C65H117N11O15/c1-26-28-29-41(13)52(77)51-56(81)68-44(27-2)58(83)76(24)64(91-31-30-90-25)63(88)73(21)48(35-65(16,17)89)55(80)69-49(39(9)10)61(86)70(18)45(32-36(3)4)54(79)66-42(14)53(78)67-43(15)57(82)71(19)46(33-37(5)6)59(84)72(20)47(34-38(7)8)60(85)74(22)50(40(11)12)62(87)75(51)23/h26,28,36-52,64,77,89H,27,29-35H2,1-25H3,(H,66,79)(H,67,78)(H,68,81)(H,69,80)/b28-26+/t41-,42+,43-,44+,45+,46+,47+,48+,49+,50+,51+,52-,64?/m1/s1. The van der Waals surface area contributed by atoms with Gasteiger partial charge < -0.3 is 75.3 Å². The predicted molar refractivity (Wildman–Crippen MR) is 347 cm³/mol. The van der Waals surface area contributed by atoms with Crippen LogP contribution in [0.25, 0.3) is 0 Å². The van der Waals surface area contributed by atoms with Crippen LogP contribution in [0, 0.1) is 35.5 Å². The lowest BCUT2D eigenvalue weighted by molar-refractivity contribution is -0.169. The molecule has 0 aromatic heterocycles. The number of rotatable bonds is 19. The monoisotopic (exact) mass is 1290 g/mol. The van der Waals surface area contributed by atoms with Gasteiger partial charge in [0.05, 0.1) is 24.9 Å². The van der Waals surface area contributed by atoms with Crippen molar-refractivity contribution in [3.8, 4) is 0 Å². The summed E-state index contributed by atoms with van der Waals surface area (Å²) in [6.07, 6.45) is 0.292. The molecule has 11 amide bonds. The average Bonchev–Trinajstić information content (AvgIpc) is 0.830. The molecule has 91 heavy (non-hydrogen) atoms. The number of hydrogen-bond donors (Lipinski definition) is 6. The van der Waals surface area contributed by atoms with Gasteiger partial charge in [-0.05, 0) is 102 Å². The third-order valence-electron chi connectivity index (χ3n) is 16.8. The van der Waals surface area contributed by atoms with Crippen molar-refractivity contribution < 1.29 is 72.4 Å². The summed E-state index contributed by atoms with van der Waals surface area (Å²) in [5.41, 5.74) is -1.63. The molecule has 1 rings (SSSR count). The van der Waals surface area contributed by atoms with Gasteiger partial charge in [-0.15, -0.1) is 0 Å². The zero-order chi connectivity index (χ0) is 70.6. The molecular formula is C65H117N11O15. The van der Waals surface area contributed by atoms with Crippen LogP contribution in [0.3, 0.4) is 0 Å². The van der Waals surface area contributed by atoms with Crippen LogP contribution in [0.4, 0.5) is 0 Å². The number of methoxy groups -OCH3 is 1. The third-order valence-corrected chi connectivity index (χ3v) is 16.8. The molecule has 0 spiro atoms. The number of amides is 11. The number of likely N-dealkylation sites (N-methyl/N-ethyl adjacent to an activating group) is 7. The van der Waals surface area contributed by atoms with Crippen molar-refractivity contribution >= 4 is 65.0 Å². The molecule has 0 aliphatic carbocycles. The minimum absolute atomic E-state index is 0.0576. The van der Waals surface area contributed by atoms with Gasteiger partial charge >= 0.3 is 0 Å². The van der Waals surface area contributed by atoms with Gasteiger partial charge in [-0.25, -0.2) is 0 Å². The van der Waals surface area contributed by atoms with E-state index in [0.29, 0.717) is 0 Å². The summed E-state index contributed by atoms with van der Waals surface area (Å²) in [6.45, 7) is 28.2. The normalized spacial score (nSPS) is 26.9. The first-order valence-electron chi connectivity index (χ1n) is 32.2. The van der Waals surface area contributed by atoms with Crippen molar-refractivity contribution in [2.45, 2.75) is 235 Å². The summed E-state index contributed by atoms with van der Waals surface area (Å²) < 4.78 is 11.3. The van der Waals surface area contributed by atoms with Gasteiger partial charge in [0.25, 0.3) is 5.91 Å². The van der Waals surface area contributed by atoms with E-state index in [2.05, 4.69) is 21.3 Å². The SMILES string of the molecule is C/C=C/C[C@@H](C)[C@@H](O)[C@H]1C(=O)N[C@@H](CC)C(=O)N(C)C(OCCOC)C(=O)N(C)[C@@H](CC(C)(C)O)C(=O)N[C@@H](C(C)C)C(=O)N(C)[C@@H](CC(C)C)C(=O)N[C@@H](C)C(=O)N[C@H](C)C(=O)N(C)[C@@H](CC(C)C)C(=O)N(C)[C@@H](CC(C)C)C(=O)N(C)[C@@H](C(C)C)C(=O)N1C. The highest BCUT2D eigenvalue weighted by Crippen LogP contribution is 2.26. The fourth-order valence-electron chi connectivity index (χ4n) is 11.1. The molecule has 0 aromatic rings. The van der Waals surface area contributed by atoms with Gasteiger partial charge in [-0.2, -0.15) is 0 Å². The Kier molecular flexibility index (Phi) is 34.1. The van der Waals surface area contributed by atoms with Crippen LogP contribution in [0.1, 0.15) is 156 Å². The molecule has 0 bridgehead atoms. The van der Waals surface area contributed by atoms with Gasteiger partial charge in [0.2, 0.25) is 65.3 Å². The maximum Gasteiger partial charge on any atom is 0.273 e. The van der Waals surface area contributed by atoms with E-state index in [9.17, 15) is 39.0 Å². The lowest BCUT2D eigenvalue weighted by Crippen LogP contribution is -2.64. The van der Waals surface area contributed by atoms with E-state index in [4.69, 9.17) is 9.47 Å². The van der Waals surface area contributed by atoms with Crippen LogP contribution in [0.5, 0.6) is 0 Å². The first-order chi connectivity index (χ1) is 42.0. The van der Waals surface area contributed by atoms with Gasteiger partial charge in [0, 0.05) is 62.9 Å². The number of carbonyl (C=O) groups is 11. The highest BCUT2D eigenvalue weighted by atomic mass is 16.5. The van der Waals surface area contributed by atoms with Crippen molar-refractivity contribution in [2.75, 3.05) is 69.7 Å². The van der Waals surface area contributed by atoms with E-state index >= 15 is 24.0 Å². The minimum Gasteiger partial charge on any atom is -0.390 e. The second-order valence-electron chi connectivity index (χ2n) is 27.4. The molecular weight excluding hydrogens is 1170 g/mol. The Morgan fingerprint density at radius 1 is 0.505 bits per heavy atom. The smallest absolute Gasteiger partial charge is 0.273 e. The van der Waals surface area contributed by atoms with E-state index in [1.165, 1.54) is 104 Å². The van der Waals surface area contributed by atoms with E-state index in [-0.39, 0.29) is 63.1 Å². The molecule has 1 unspecified atom stereocenters. The fraction of sp³-hybridized carbons (Fsp3) is 0.800. The second kappa shape index (κ2) is 37.4. The van der Waals surface area contributed by atoms with E-state index in [1.54, 1.807) is 60.6 Å². The summed E-state index contributed by atoms with van der Waals surface area (Å²) in [4.78, 5) is 171. The lowest BCUT2D eigenvalue weighted by atomic mass is 9.91. The largest absolute Gasteiger partial charge is 0.390 e. The Balaban J connectivity index is 4.53. The van der Waals surface area contributed by atoms with E-state index in [1.807, 2.05) is 41.5 Å². The second-order valence-corrected chi connectivity index (χ2v) is 27.4. The topological polar surface area (TPSA) is 317 Å². The maximum atomic E-state index is 15.3. The lowest BCUT2D eigenvalue weighted by Gasteiger charge is -2.41. The molecule has 0 aromatic carbocycles. The number of hydrogen-bond acceptors (Lipinski definition) is 15. The van der Waals surface area contributed by atoms with Gasteiger partial charge in [-0.3, -0.25) is 52.7 Å². The Bertz CT molecular complexity index is 2490. The molecule has 13 atom stereocenters. The number of ether oxygens (including phenoxy) is 2. The Hall–Kier alpha value is -6.25. The number of nitrogens with one attached hydrogen (secondary N) is 4.